The molecule has 2 aromatic rings. The van der Waals surface area contributed by atoms with Gasteiger partial charge in [-0.3, -0.25) is 9.59 Å². The van der Waals surface area contributed by atoms with Gasteiger partial charge < -0.3 is 5.32 Å². The molecule has 102 valence electrons. The highest BCUT2D eigenvalue weighted by atomic mass is 16.1. The lowest BCUT2D eigenvalue weighted by Gasteiger charge is -1.96. The largest absolute Gasteiger partial charge is 0.355 e. The van der Waals surface area contributed by atoms with Crippen LogP contribution in [0.25, 0.3) is 6.08 Å². The number of hydrogen-bond acceptors (Lipinski definition) is 2. The van der Waals surface area contributed by atoms with Crippen molar-refractivity contribution in [3.8, 4) is 0 Å². The Morgan fingerprint density at radius 3 is 2.00 bits per heavy atom. The number of nitrogens with one attached hydrogen (secondary N) is 1. The van der Waals surface area contributed by atoms with Crippen LogP contribution < -0.4 is 5.32 Å². The van der Waals surface area contributed by atoms with Gasteiger partial charge in [-0.05, 0) is 23.8 Å². The molecule has 0 aromatic heterocycles. The molecule has 0 unspecified atom stereocenters. The van der Waals surface area contributed by atoms with E-state index in [4.69, 9.17) is 0 Å². The van der Waals surface area contributed by atoms with E-state index in [0.717, 1.165) is 11.8 Å². The van der Waals surface area contributed by atoms with Crippen LogP contribution in [0.4, 0.5) is 0 Å². The minimum absolute atomic E-state index is 0.0411. The van der Waals surface area contributed by atoms with Crippen LogP contribution in [0.3, 0.4) is 0 Å². The molecule has 0 bridgehead atoms. The topological polar surface area (TPSA) is 46.2 Å². The van der Waals surface area contributed by atoms with Crippen LogP contribution >= 0.6 is 0 Å². The standard InChI is InChI=1S/C9H8O.C8H9NO/c10-8-4-7-9-5-2-1-3-6-9;1-9-8(10)7-5-3-2-4-6-7/h1-8H;2-6H,1H3,(H,9,10)/b7-4+;. The first-order chi connectivity index (χ1) is 9.77. The number of allylic oxidation sites excluding steroid dienone is 1. The Balaban J connectivity index is 0.000000200. The Bertz CT molecular complexity index is 548. The molecule has 0 fully saturated rings. The fourth-order valence-corrected chi connectivity index (χ4v) is 1.45. The molecule has 0 spiro atoms. The van der Waals surface area contributed by atoms with Crippen molar-refractivity contribution in [3.05, 3.63) is 77.9 Å². The molecule has 0 heterocycles. The molecule has 2 rings (SSSR count). The fourth-order valence-electron chi connectivity index (χ4n) is 1.45. The molecule has 20 heavy (non-hydrogen) atoms. The van der Waals surface area contributed by atoms with Crippen molar-refractivity contribution in [2.24, 2.45) is 0 Å². The van der Waals surface area contributed by atoms with E-state index in [9.17, 15) is 9.59 Å². The van der Waals surface area contributed by atoms with Crippen molar-refractivity contribution in [2.75, 3.05) is 7.05 Å². The van der Waals surface area contributed by atoms with Crippen LogP contribution in [0.1, 0.15) is 15.9 Å². The lowest BCUT2D eigenvalue weighted by molar-refractivity contribution is -0.104. The second-order valence-corrected chi connectivity index (χ2v) is 3.85. The maximum atomic E-state index is 10.9. The van der Waals surface area contributed by atoms with Crippen LogP contribution in [0.2, 0.25) is 0 Å². The average Bonchev–Trinajstić information content (AvgIpc) is 2.54. The molecule has 0 saturated carbocycles. The zero-order valence-corrected chi connectivity index (χ0v) is 11.3. The van der Waals surface area contributed by atoms with Gasteiger partial charge in [0, 0.05) is 12.6 Å². The van der Waals surface area contributed by atoms with Gasteiger partial charge in [0.05, 0.1) is 0 Å². The maximum absolute atomic E-state index is 10.9. The predicted molar refractivity (Wildman–Crippen MR) is 81.4 cm³/mol. The van der Waals surface area contributed by atoms with Gasteiger partial charge >= 0.3 is 0 Å². The number of rotatable bonds is 3. The molecule has 1 N–H and O–H groups in total. The van der Waals surface area contributed by atoms with Gasteiger partial charge in [-0.2, -0.15) is 0 Å². The highest BCUT2D eigenvalue weighted by Crippen LogP contribution is 1.99. The lowest BCUT2D eigenvalue weighted by Crippen LogP contribution is -2.17. The number of hydrogen-bond donors (Lipinski definition) is 1. The Labute approximate surface area is 119 Å². The first-order valence-corrected chi connectivity index (χ1v) is 6.22. The van der Waals surface area contributed by atoms with Gasteiger partial charge in [0.2, 0.25) is 0 Å². The van der Waals surface area contributed by atoms with Crippen molar-refractivity contribution in [2.45, 2.75) is 0 Å². The van der Waals surface area contributed by atoms with Crippen LogP contribution in [0, 0.1) is 0 Å². The third-order valence-corrected chi connectivity index (χ3v) is 2.43. The van der Waals surface area contributed by atoms with Crippen molar-refractivity contribution < 1.29 is 9.59 Å². The summed E-state index contributed by atoms with van der Waals surface area (Å²) in [5, 5.41) is 2.54. The summed E-state index contributed by atoms with van der Waals surface area (Å²) in [6.07, 6.45) is 4.02. The molecular weight excluding hydrogens is 250 g/mol. The van der Waals surface area contributed by atoms with Gasteiger partial charge in [0.25, 0.3) is 5.91 Å². The Morgan fingerprint density at radius 1 is 0.950 bits per heavy atom. The summed E-state index contributed by atoms with van der Waals surface area (Å²) in [6.45, 7) is 0. The zero-order chi connectivity index (χ0) is 14.6. The first kappa shape index (κ1) is 15.4. The summed E-state index contributed by atoms with van der Waals surface area (Å²) < 4.78 is 0. The fraction of sp³-hybridized carbons (Fsp3) is 0.0588. The second-order valence-electron chi connectivity index (χ2n) is 3.85. The lowest BCUT2D eigenvalue weighted by atomic mass is 10.2. The summed E-state index contributed by atoms with van der Waals surface area (Å²) in [6, 6.07) is 18.8. The highest BCUT2D eigenvalue weighted by Gasteiger charge is 1.97. The average molecular weight is 267 g/mol. The third kappa shape index (κ3) is 5.78. The minimum atomic E-state index is -0.0411. The van der Waals surface area contributed by atoms with Crippen molar-refractivity contribution in [3.63, 3.8) is 0 Å². The van der Waals surface area contributed by atoms with Crippen molar-refractivity contribution >= 4 is 18.3 Å². The maximum Gasteiger partial charge on any atom is 0.251 e. The van der Waals surface area contributed by atoms with Gasteiger partial charge in [0.1, 0.15) is 6.29 Å². The minimum Gasteiger partial charge on any atom is -0.355 e. The molecule has 0 aliphatic carbocycles. The van der Waals surface area contributed by atoms with Crippen LogP contribution in [0.5, 0.6) is 0 Å². The van der Waals surface area contributed by atoms with Crippen LogP contribution in [0.15, 0.2) is 66.7 Å². The molecule has 0 radical (unpaired) electrons. The summed E-state index contributed by atoms with van der Waals surface area (Å²) >= 11 is 0. The molecule has 0 aliphatic heterocycles. The van der Waals surface area contributed by atoms with E-state index in [1.165, 1.54) is 6.08 Å². The van der Waals surface area contributed by atoms with E-state index in [0.29, 0.717) is 5.56 Å². The molecule has 3 nitrogen and oxygen atoms in total. The van der Waals surface area contributed by atoms with Crippen molar-refractivity contribution in [1.82, 2.24) is 5.32 Å². The zero-order valence-electron chi connectivity index (χ0n) is 11.3. The Hall–Kier alpha value is -2.68. The van der Waals surface area contributed by atoms with E-state index in [1.807, 2.05) is 48.5 Å². The van der Waals surface area contributed by atoms with E-state index in [2.05, 4.69) is 5.32 Å². The van der Waals surface area contributed by atoms with E-state index in [1.54, 1.807) is 25.3 Å². The summed E-state index contributed by atoms with van der Waals surface area (Å²) in [5.74, 6) is -0.0411. The highest BCUT2D eigenvalue weighted by molar-refractivity contribution is 5.93. The van der Waals surface area contributed by atoms with E-state index in [-0.39, 0.29) is 5.91 Å². The van der Waals surface area contributed by atoms with Gasteiger partial charge in [-0.15, -0.1) is 0 Å². The van der Waals surface area contributed by atoms with Crippen molar-refractivity contribution in [1.29, 1.82) is 0 Å². The predicted octanol–water partition coefficient (Wildman–Crippen LogP) is 2.94. The van der Waals surface area contributed by atoms with Gasteiger partial charge in [0.15, 0.2) is 0 Å². The Morgan fingerprint density at radius 2 is 1.50 bits per heavy atom. The molecular formula is C17H17NO2. The van der Waals surface area contributed by atoms with Gasteiger partial charge in [-0.1, -0.05) is 54.6 Å². The number of amides is 1. The first-order valence-electron chi connectivity index (χ1n) is 6.22. The quantitative estimate of drug-likeness (QED) is 0.686. The molecule has 3 heteroatoms. The smallest absolute Gasteiger partial charge is 0.251 e. The number of carbonyl (C=O) groups is 2. The van der Waals surface area contributed by atoms with Crippen LogP contribution in [-0.4, -0.2) is 19.2 Å². The van der Waals surface area contributed by atoms with E-state index >= 15 is 0 Å². The second kappa shape index (κ2) is 9.28. The number of benzene rings is 2. The molecule has 0 aliphatic rings. The number of carbonyl (C=O) groups excluding carboxylic acids is 2. The van der Waals surface area contributed by atoms with Crippen LogP contribution in [-0.2, 0) is 4.79 Å². The summed E-state index contributed by atoms with van der Waals surface area (Å²) in [4.78, 5) is 20.8. The van der Waals surface area contributed by atoms with E-state index < -0.39 is 0 Å². The summed E-state index contributed by atoms with van der Waals surface area (Å²) in [5.41, 5.74) is 1.75. The Kier molecular flexibility index (Phi) is 7.13. The summed E-state index contributed by atoms with van der Waals surface area (Å²) in [7, 11) is 1.62. The molecule has 1 amide bonds. The SMILES string of the molecule is CNC(=O)c1ccccc1.O=C/C=C/c1ccccc1. The van der Waals surface area contributed by atoms with Gasteiger partial charge in [-0.25, -0.2) is 0 Å². The molecule has 2 aromatic carbocycles. The normalized spacial score (nSPS) is 9.45. The monoisotopic (exact) mass is 267 g/mol. The number of aldehydes is 1. The third-order valence-electron chi connectivity index (χ3n) is 2.43. The molecule has 0 atom stereocenters. The molecule has 0 saturated heterocycles.